The van der Waals surface area contributed by atoms with Crippen LogP contribution < -0.4 is 10.6 Å². The number of anilines is 2. The Hall–Kier alpha value is -1.32. The molecule has 2 rings (SSSR count). The molecular formula is C17H30N4. The van der Waals surface area contributed by atoms with Crippen LogP contribution in [0.15, 0.2) is 6.33 Å². The van der Waals surface area contributed by atoms with Gasteiger partial charge in [0.25, 0.3) is 0 Å². The van der Waals surface area contributed by atoms with Gasteiger partial charge in [0.05, 0.1) is 0 Å². The number of hydrogen-bond donors (Lipinski definition) is 2. The van der Waals surface area contributed by atoms with Crippen molar-refractivity contribution in [1.82, 2.24) is 9.97 Å². The molecule has 2 N–H and O–H groups in total. The number of nitrogens with one attached hydrogen (secondary N) is 2. The molecule has 0 aromatic carbocycles. The average molecular weight is 290 g/mol. The summed E-state index contributed by atoms with van der Waals surface area (Å²) < 4.78 is 0. The summed E-state index contributed by atoms with van der Waals surface area (Å²) in [4.78, 5) is 8.89. The molecule has 0 aliphatic heterocycles. The lowest BCUT2D eigenvalue weighted by atomic mass is 9.76. The lowest BCUT2D eigenvalue weighted by Gasteiger charge is -2.34. The van der Waals surface area contributed by atoms with Crippen LogP contribution in [0.2, 0.25) is 0 Å². The van der Waals surface area contributed by atoms with Gasteiger partial charge in [-0.3, -0.25) is 0 Å². The predicted octanol–water partition coefficient (Wildman–Crippen LogP) is 4.24. The molecule has 0 unspecified atom stereocenters. The van der Waals surface area contributed by atoms with Crippen LogP contribution >= 0.6 is 0 Å². The van der Waals surface area contributed by atoms with E-state index in [2.05, 4.69) is 41.4 Å². The van der Waals surface area contributed by atoms with Crippen molar-refractivity contribution in [3.63, 3.8) is 0 Å². The molecule has 1 saturated carbocycles. The van der Waals surface area contributed by atoms with Crippen LogP contribution in [0.4, 0.5) is 11.6 Å². The second-order valence-corrected chi connectivity index (χ2v) is 6.55. The zero-order chi connectivity index (χ0) is 15.1. The number of aromatic nitrogens is 2. The SMILES string of the molecule is CCCc1c(NCC)ncnc1NCC1(C)CCCCC1. The largest absolute Gasteiger partial charge is 0.370 e. The molecular weight excluding hydrogens is 260 g/mol. The Bertz CT molecular complexity index is 438. The van der Waals surface area contributed by atoms with Gasteiger partial charge in [-0.1, -0.05) is 39.5 Å². The van der Waals surface area contributed by atoms with Gasteiger partial charge in [0.1, 0.15) is 18.0 Å². The lowest BCUT2D eigenvalue weighted by molar-refractivity contribution is 0.233. The van der Waals surface area contributed by atoms with E-state index in [0.717, 1.165) is 37.6 Å². The minimum absolute atomic E-state index is 0.422. The van der Waals surface area contributed by atoms with E-state index in [1.54, 1.807) is 6.33 Å². The first kappa shape index (κ1) is 16.1. The highest BCUT2D eigenvalue weighted by Gasteiger charge is 2.27. The lowest BCUT2D eigenvalue weighted by Crippen LogP contribution is -2.29. The maximum atomic E-state index is 4.49. The Kier molecular flexibility index (Phi) is 5.83. The van der Waals surface area contributed by atoms with Crippen molar-refractivity contribution in [2.75, 3.05) is 23.7 Å². The molecule has 21 heavy (non-hydrogen) atoms. The summed E-state index contributed by atoms with van der Waals surface area (Å²) in [6, 6.07) is 0. The molecule has 1 aromatic rings. The predicted molar refractivity (Wildman–Crippen MR) is 89.9 cm³/mol. The van der Waals surface area contributed by atoms with Crippen molar-refractivity contribution in [2.45, 2.75) is 65.7 Å². The fraction of sp³-hybridized carbons (Fsp3) is 0.765. The molecule has 0 spiro atoms. The average Bonchev–Trinajstić information content (AvgIpc) is 2.49. The van der Waals surface area contributed by atoms with Crippen LogP contribution in [0.1, 0.15) is 64.9 Å². The molecule has 0 bridgehead atoms. The molecule has 1 aliphatic rings. The van der Waals surface area contributed by atoms with E-state index in [4.69, 9.17) is 0 Å². The van der Waals surface area contributed by atoms with E-state index in [1.807, 2.05) is 0 Å². The molecule has 0 amide bonds. The Morgan fingerprint density at radius 1 is 1.05 bits per heavy atom. The van der Waals surface area contributed by atoms with Crippen LogP contribution in [0, 0.1) is 5.41 Å². The van der Waals surface area contributed by atoms with Crippen LogP contribution in [0.5, 0.6) is 0 Å². The van der Waals surface area contributed by atoms with Gasteiger partial charge in [0.15, 0.2) is 0 Å². The molecule has 1 heterocycles. The highest BCUT2D eigenvalue weighted by Crippen LogP contribution is 2.36. The molecule has 0 radical (unpaired) electrons. The number of nitrogens with zero attached hydrogens (tertiary/aromatic N) is 2. The van der Waals surface area contributed by atoms with Crippen LogP contribution in [0.3, 0.4) is 0 Å². The Balaban J connectivity index is 2.09. The molecule has 4 nitrogen and oxygen atoms in total. The second kappa shape index (κ2) is 7.62. The molecule has 4 heteroatoms. The fourth-order valence-corrected chi connectivity index (χ4v) is 3.25. The Morgan fingerprint density at radius 2 is 1.71 bits per heavy atom. The van der Waals surface area contributed by atoms with E-state index in [-0.39, 0.29) is 0 Å². The summed E-state index contributed by atoms with van der Waals surface area (Å²) in [7, 11) is 0. The van der Waals surface area contributed by atoms with Crippen molar-refractivity contribution in [2.24, 2.45) is 5.41 Å². The third-order valence-electron chi connectivity index (χ3n) is 4.53. The summed E-state index contributed by atoms with van der Waals surface area (Å²) in [5.74, 6) is 2.01. The zero-order valence-electron chi connectivity index (χ0n) is 13.8. The first-order valence-electron chi connectivity index (χ1n) is 8.50. The van der Waals surface area contributed by atoms with E-state index in [9.17, 15) is 0 Å². The van der Waals surface area contributed by atoms with Gasteiger partial charge in [-0.05, 0) is 31.6 Å². The quantitative estimate of drug-likeness (QED) is 0.788. The van der Waals surface area contributed by atoms with Gasteiger partial charge in [-0.2, -0.15) is 0 Å². The minimum Gasteiger partial charge on any atom is -0.370 e. The van der Waals surface area contributed by atoms with Crippen LogP contribution in [0.25, 0.3) is 0 Å². The smallest absolute Gasteiger partial charge is 0.134 e. The van der Waals surface area contributed by atoms with Crippen molar-refractivity contribution >= 4 is 11.6 Å². The topological polar surface area (TPSA) is 49.8 Å². The standard InChI is InChI=1S/C17H30N4/c1-4-9-14-15(18-5-2)20-13-21-16(14)19-12-17(3)10-7-6-8-11-17/h13H,4-12H2,1-3H3,(H2,18,19,20,21). The monoisotopic (exact) mass is 290 g/mol. The van der Waals surface area contributed by atoms with Crippen molar-refractivity contribution < 1.29 is 0 Å². The molecule has 0 saturated heterocycles. The first-order chi connectivity index (χ1) is 10.2. The summed E-state index contributed by atoms with van der Waals surface area (Å²) >= 11 is 0. The second-order valence-electron chi connectivity index (χ2n) is 6.55. The van der Waals surface area contributed by atoms with Crippen molar-refractivity contribution in [3.05, 3.63) is 11.9 Å². The number of rotatable bonds is 7. The summed E-state index contributed by atoms with van der Waals surface area (Å²) in [5, 5.41) is 6.97. The van der Waals surface area contributed by atoms with E-state index in [0.29, 0.717) is 5.41 Å². The van der Waals surface area contributed by atoms with Crippen LogP contribution in [-0.4, -0.2) is 23.1 Å². The van der Waals surface area contributed by atoms with E-state index in [1.165, 1.54) is 37.7 Å². The summed E-state index contributed by atoms with van der Waals surface area (Å²) in [6.45, 7) is 8.63. The number of hydrogen-bond acceptors (Lipinski definition) is 4. The molecule has 1 fully saturated rings. The fourth-order valence-electron chi connectivity index (χ4n) is 3.25. The Morgan fingerprint density at radius 3 is 2.33 bits per heavy atom. The van der Waals surface area contributed by atoms with Gasteiger partial charge in [-0.25, -0.2) is 9.97 Å². The van der Waals surface area contributed by atoms with Gasteiger partial charge in [-0.15, -0.1) is 0 Å². The summed E-state index contributed by atoms with van der Waals surface area (Å²) in [5.41, 5.74) is 1.66. The molecule has 0 atom stereocenters. The Labute approximate surface area is 129 Å². The third-order valence-corrected chi connectivity index (χ3v) is 4.53. The van der Waals surface area contributed by atoms with Gasteiger partial charge >= 0.3 is 0 Å². The van der Waals surface area contributed by atoms with E-state index < -0.39 is 0 Å². The third kappa shape index (κ3) is 4.32. The molecule has 1 aromatic heterocycles. The van der Waals surface area contributed by atoms with Gasteiger partial charge in [0.2, 0.25) is 0 Å². The van der Waals surface area contributed by atoms with Crippen molar-refractivity contribution in [3.8, 4) is 0 Å². The van der Waals surface area contributed by atoms with E-state index >= 15 is 0 Å². The van der Waals surface area contributed by atoms with Gasteiger partial charge < -0.3 is 10.6 Å². The highest BCUT2D eigenvalue weighted by molar-refractivity contribution is 5.57. The summed E-state index contributed by atoms with van der Waals surface area (Å²) in [6.07, 6.45) is 10.6. The maximum Gasteiger partial charge on any atom is 0.134 e. The normalized spacial score (nSPS) is 17.5. The maximum absolute atomic E-state index is 4.49. The molecule has 1 aliphatic carbocycles. The minimum atomic E-state index is 0.422. The molecule has 118 valence electrons. The van der Waals surface area contributed by atoms with Gasteiger partial charge in [0, 0.05) is 18.7 Å². The zero-order valence-corrected chi connectivity index (χ0v) is 13.8. The van der Waals surface area contributed by atoms with Crippen LogP contribution in [-0.2, 0) is 6.42 Å². The first-order valence-corrected chi connectivity index (χ1v) is 8.50. The highest BCUT2D eigenvalue weighted by atomic mass is 15.1. The van der Waals surface area contributed by atoms with Crippen molar-refractivity contribution in [1.29, 1.82) is 0 Å².